The number of nitrogens with zero attached hydrogens (tertiary/aromatic N) is 4. The molecule has 0 amide bonds. The van der Waals surface area contributed by atoms with Crippen LogP contribution in [-0.2, 0) is 23.2 Å². The van der Waals surface area contributed by atoms with Gasteiger partial charge in [0.2, 0.25) is 5.82 Å². The van der Waals surface area contributed by atoms with Gasteiger partial charge in [-0.1, -0.05) is 43.3 Å². The molecule has 0 saturated carbocycles. The molecule has 186 valence electrons. The third-order valence-electron chi connectivity index (χ3n) is 5.58. The molecule has 9 nitrogen and oxygen atoms in total. The lowest BCUT2D eigenvalue weighted by molar-refractivity contribution is 0.178. The Labute approximate surface area is 205 Å². The maximum atomic E-state index is 11.8. The predicted molar refractivity (Wildman–Crippen MR) is 135 cm³/mol. The Morgan fingerprint density at radius 3 is 2.47 bits per heavy atom. The minimum atomic E-state index is -3.56. The van der Waals surface area contributed by atoms with Crippen molar-refractivity contribution in [2.75, 3.05) is 33.7 Å². The summed E-state index contributed by atoms with van der Waals surface area (Å²) >= 11 is 1.68. The monoisotopic (exact) mass is 507 g/mol. The van der Waals surface area contributed by atoms with Gasteiger partial charge in [-0.25, -0.2) is 0 Å². The van der Waals surface area contributed by atoms with E-state index >= 15 is 0 Å². The molecule has 0 fully saturated rings. The topological polar surface area (TPSA) is 112 Å². The summed E-state index contributed by atoms with van der Waals surface area (Å²) in [5, 5.41) is 14.3. The molecule has 11 heteroatoms. The molecule has 0 saturated heterocycles. The molecule has 1 unspecified atom stereocenters. The molecule has 3 rings (SSSR count). The van der Waals surface area contributed by atoms with Crippen LogP contribution in [0.15, 0.2) is 34.9 Å². The van der Waals surface area contributed by atoms with Crippen molar-refractivity contribution < 1.29 is 18.0 Å². The average molecular weight is 508 g/mol. The van der Waals surface area contributed by atoms with Crippen LogP contribution in [0, 0.1) is 6.92 Å². The van der Waals surface area contributed by atoms with Gasteiger partial charge in [0.25, 0.3) is 16.1 Å². The van der Waals surface area contributed by atoms with Gasteiger partial charge in [0.15, 0.2) is 0 Å². The molecular weight excluding hydrogens is 474 g/mol. The second-order valence-corrected chi connectivity index (χ2v) is 11.4. The van der Waals surface area contributed by atoms with E-state index in [1.54, 1.807) is 11.3 Å². The van der Waals surface area contributed by atoms with Crippen LogP contribution < -0.4 is 4.72 Å². The van der Waals surface area contributed by atoms with Gasteiger partial charge in [-0.05, 0) is 43.6 Å². The highest BCUT2D eigenvalue weighted by Gasteiger charge is 2.17. The van der Waals surface area contributed by atoms with Crippen molar-refractivity contribution in [2.24, 2.45) is 0 Å². The highest BCUT2D eigenvalue weighted by Crippen LogP contribution is 2.32. The number of hydrogen-bond acceptors (Lipinski definition) is 8. The molecular formula is C23H33N5O4S2. The van der Waals surface area contributed by atoms with Crippen molar-refractivity contribution in [3.63, 3.8) is 0 Å². The van der Waals surface area contributed by atoms with E-state index in [1.807, 2.05) is 24.3 Å². The number of benzene rings is 1. The number of aromatic nitrogens is 2. The van der Waals surface area contributed by atoms with E-state index in [9.17, 15) is 13.5 Å². The SMILES string of the molecule is CCN(CC)Cc1sc(-c2nc(-c3ccc(CC(O)CNS(=O)(=O)N(C)C)cc3)no2)cc1C. The zero-order valence-corrected chi connectivity index (χ0v) is 21.9. The lowest BCUT2D eigenvalue weighted by Gasteiger charge is -2.17. The van der Waals surface area contributed by atoms with Gasteiger partial charge in [-0.3, -0.25) is 4.90 Å². The molecule has 0 aliphatic carbocycles. The molecule has 0 spiro atoms. The fourth-order valence-electron chi connectivity index (χ4n) is 3.34. The summed E-state index contributed by atoms with van der Waals surface area (Å²) in [6.45, 7) is 9.29. The number of hydrogen-bond donors (Lipinski definition) is 2. The van der Waals surface area contributed by atoms with Gasteiger partial charge in [-0.2, -0.15) is 22.4 Å². The molecule has 34 heavy (non-hydrogen) atoms. The van der Waals surface area contributed by atoms with Crippen molar-refractivity contribution >= 4 is 21.5 Å². The van der Waals surface area contributed by atoms with Crippen LogP contribution in [0.2, 0.25) is 0 Å². The molecule has 0 bridgehead atoms. The van der Waals surface area contributed by atoms with Gasteiger partial charge in [0.05, 0.1) is 11.0 Å². The van der Waals surface area contributed by atoms with Crippen LogP contribution in [-0.4, -0.2) is 72.7 Å². The van der Waals surface area contributed by atoms with Crippen LogP contribution >= 0.6 is 11.3 Å². The Morgan fingerprint density at radius 1 is 1.18 bits per heavy atom. The van der Waals surface area contributed by atoms with Crippen molar-refractivity contribution in [3.8, 4) is 22.2 Å². The summed E-state index contributed by atoms with van der Waals surface area (Å²) in [7, 11) is -0.700. The van der Waals surface area contributed by atoms with E-state index in [0.29, 0.717) is 18.1 Å². The van der Waals surface area contributed by atoms with E-state index in [0.717, 1.165) is 39.9 Å². The van der Waals surface area contributed by atoms with Gasteiger partial charge < -0.3 is 9.63 Å². The Balaban J connectivity index is 1.64. The van der Waals surface area contributed by atoms with Crippen LogP contribution in [0.1, 0.15) is 29.9 Å². The highest BCUT2D eigenvalue weighted by molar-refractivity contribution is 7.87. The molecule has 3 aromatic rings. The fraction of sp³-hybridized carbons (Fsp3) is 0.478. The molecule has 0 aliphatic heterocycles. The number of rotatable bonds is 12. The maximum absolute atomic E-state index is 11.8. The van der Waals surface area contributed by atoms with E-state index in [-0.39, 0.29) is 6.54 Å². The summed E-state index contributed by atoms with van der Waals surface area (Å²) in [6.07, 6.45) is -0.526. The van der Waals surface area contributed by atoms with Gasteiger partial charge in [0, 0.05) is 37.6 Å². The Morgan fingerprint density at radius 2 is 1.85 bits per heavy atom. The summed E-state index contributed by atoms with van der Waals surface area (Å²) in [6, 6.07) is 9.56. The number of thiophene rings is 1. The molecule has 2 N–H and O–H groups in total. The Bertz CT molecular complexity index is 1170. The first-order valence-electron chi connectivity index (χ1n) is 11.2. The fourth-order valence-corrected chi connectivity index (χ4v) is 5.14. The van der Waals surface area contributed by atoms with E-state index in [2.05, 4.69) is 46.6 Å². The van der Waals surface area contributed by atoms with E-state index < -0.39 is 16.3 Å². The molecule has 0 radical (unpaired) electrons. The number of nitrogens with one attached hydrogen (secondary N) is 1. The van der Waals surface area contributed by atoms with Gasteiger partial charge >= 0.3 is 0 Å². The summed E-state index contributed by atoms with van der Waals surface area (Å²) in [5.41, 5.74) is 2.90. The van der Waals surface area contributed by atoms with Crippen LogP contribution in [0.4, 0.5) is 0 Å². The summed E-state index contributed by atoms with van der Waals surface area (Å²) < 4.78 is 32.5. The average Bonchev–Trinajstić information content (AvgIpc) is 3.43. The Hall–Kier alpha value is -2.15. The van der Waals surface area contributed by atoms with Gasteiger partial charge in [0.1, 0.15) is 0 Å². The molecule has 1 atom stereocenters. The van der Waals surface area contributed by atoms with Crippen LogP contribution in [0.25, 0.3) is 22.2 Å². The van der Waals surface area contributed by atoms with Crippen molar-refractivity contribution in [1.82, 2.24) is 24.1 Å². The lowest BCUT2D eigenvalue weighted by atomic mass is 10.1. The van der Waals surface area contributed by atoms with Crippen LogP contribution in [0.3, 0.4) is 0 Å². The largest absolute Gasteiger partial charge is 0.391 e. The quantitative estimate of drug-likeness (QED) is 0.388. The first kappa shape index (κ1) is 26.5. The maximum Gasteiger partial charge on any atom is 0.279 e. The van der Waals surface area contributed by atoms with Crippen molar-refractivity contribution in [1.29, 1.82) is 0 Å². The first-order chi connectivity index (χ1) is 16.1. The number of aliphatic hydroxyl groups is 1. The molecule has 0 aliphatic rings. The molecule has 2 aromatic heterocycles. The second kappa shape index (κ2) is 11.5. The lowest BCUT2D eigenvalue weighted by Crippen LogP contribution is -2.40. The van der Waals surface area contributed by atoms with Crippen LogP contribution in [0.5, 0.6) is 0 Å². The number of aryl methyl sites for hydroxylation is 1. The van der Waals surface area contributed by atoms with Gasteiger partial charge in [-0.15, -0.1) is 11.3 Å². The minimum Gasteiger partial charge on any atom is -0.391 e. The summed E-state index contributed by atoms with van der Waals surface area (Å²) in [5.74, 6) is 0.999. The highest BCUT2D eigenvalue weighted by atomic mass is 32.2. The van der Waals surface area contributed by atoms with Crippen molar-refractivity contribution in [2.45, 2.75) is 39.8 Å². The van der Waals surface area contributed by atoms with E-state index in [1.165, 1.54) is 24.5 Å². The Kier molecular flexibility index (Phi) is 8.96. The third-order valence-corrected chi connectivity index (χ3v) is 8.29. The van der Waals surface area contributed by atoms with Crippen molar-refractivity contribution in [3.05, 3.63) is 46.3 Å². The zero-order chi connectivity index (χ0) is 24.9. The molecule has 1 aromatic carbocycles. The number of aliphatic hydroxyl groups excluding tert-OH is 1. The second-order valence-electron chi connectivity index (χ2n) is 8.29. The standard InChI is InChI=1S/C23H33N5O4S2/c1-6-28(7-2)15-21-16(3)12-20(33-21)23-25-22(26-32-23)18-10-8-17(9-11-18)13-19(29)14-24-34(30,31)27(4)5/h8-12,19,24,29H,6-7,13-15H2,1-5H3. The van der Waals surface area contributed by atoms with E-state index in [4.69, 9.17) is 4.52 Å². The smallest absolute Gasteiger partial charge is 0.279 e. The first-order valence-corrected chi connectivity index (χ1v) is 13.5. The minimum absolute atomic E-state index is 0.0625. The normalized spacial score (nSPS) is 13.2. The zero-order valence-electron chi connectivity index (χ0n) is 20.3. The predicted octanol–water partition coefficient (Wildman–Crippen LogP) is 2.91. The molecule has 2 heterocycles. The third kappa shape index (κ3) is 6.71. The summed E-state index contributed by atoms with van der Waals surface area (Å²) in [4.78, 5) is 9.21.